The number of nitrogens with zero attached hydrogens (tertiary/aromatic N) is 1. The number of nitriles is 1. The maximum absolute atomic E-state index is 12.3. The minimum absolute atomic E-state index is 0.0717. The predicted molar refractivity (Wildman–Crippen MR) is 97.1 cm³/mol. The number of nitrogens with one attached hydrogen (secondary N) is 1. The molecule has 6 heteroatoms. The minimum atomic E-state index is -3.60. The number of allylic oxidation sites excluding steroid dienone is 1. The average molecular weight is 358 g/mol. The van der Waals surface area contributed by atoms with Crippen LogP contribution in [0.2, 0.25) is 0 Å². The summed E-state index contributed by atoms with van der Waals surface area (Å²) < 4.78 is 27.2. The van der Waals surface area contributed by atoms with Crippen LogP contribution >= 0.6 is 11.8 Å². The van der Waals surface area contributed by atoms with Crippen molar-refractivity contribution in [2.45, 2.75) is 23.6 Å². The van der Waals surface area contributed by atoms with Gasteiger partial charge in [-0.05, 0) is 38.1 Å². The van der Waals surface area contributed by atoms with E-state index in [9.17, 15) is 8.42 Å². The van der Waals surface area contributed by atoms with Crippen molar-refractivity contribution < 1.29 is 8.42 Å². The highest BCUT2D eigenvalue weighted by atomic mass is 32.2. The third kappa shape index (κ3) is 5.24. The Balaban J connectivity index is 2.08. The summed E-state index contributed by atoms with van der Waals surface area (Å²) in [5.41, 5.74) is 2.14. The molecule has 0 amide bonds. The first kappa shape index (κ1) is 18.3. The van der Waals surface area contributed by atoms with Gasteiger partial charge >= 0.3 is 0 Å². The van der Waals surface area contributed by atoms with Gasteiger partial charge in [-0.15, -0.1) is 0 Å². The molecule has 0 saturated carbocycles. The molecule has 4 nitrogen and oxygen atoms in total. The fourth-order valence-corrected chi connectivity index (χ4v) is 3.84. The van der Waals surface area contributed by atoms with Gasteiger partial charge in [-0.1, -0.05) is 47.2 Å². The molecule has 0 aliphatic rings. The van der Waals surface area contributed by atoms with Gasteiger partial charge in [0.2, 0.25) is 10.0 Å². The molecule has 0 aliphatic carbocycles. The number of aryl methyl sites for hydroxylation is 2. The molecule has 0 saturated heterocycles. The zero-order chi connectivity index (χ0) is 17.6. The average Bonchev–Trinajstić information content (AvgIpc) is 2.55. The molecular weight excluding hydrogens is 340 g/mol. The molecule has 0 aromatic heterocycles. The van der Waals surface area contributed by atoms with E-state index in [1.807, 2.05) is 44.2 Å². The first-order chi connectivity index (χ1) is 11.4. The van der Waals surface area contributed by atoms with E-state index >= 15 is 0 Å². The molecular formula is C18H18N2O2S2. The van der Waals surface area contributed by atoms with Crippen LogP contribution in [0.4, 0.5) is 0 Å². The Morgan fingerprint density at radius 3 is 2.17 bits per heavy atom. The van der Waals surface area contributed by atoms with E-state index < -0.39 is 10.0 Å². The number of hydrogen-bond acceptors (Lipinski definition) is 4. The highest BCUT2D eigenvalue weighted by Crippen LogP contribution is 2.26. The van der Waals surface area contributed by atoms with E-state index in [2.05, 4.69) is 4.72 Å². The van der Waals surface area contributed by atoms with Crippen LogP contribution in [0.3, 0.4) is 0 Å². The fraction of sp³-hybridized carbons (Fsp3) is 0.167. The Hall–Kier alpha value is -2.07. The molecule has 24 heavy (non-hydrogen) atoms. The number of rotatable bonds is 6. The highest BCUT2D eigenvalue weighted by Gasteiger charge is 2.14. The van der Waals surface area contributed by atoms with E-state index in [-0.39, 0.29) is 11.4 Å². The molecule has 0 fully saturated rings. The van der Waals surface area contributed by atoms with Crippen molar-refractivity contribution in [3.8, 4) is 6.07 Å². The van der Waals surface area contributed by atoms with Gasteiger partial charge in [0, 0.05) is 22.4 Å². The first-order valence-electron chi connectivity index (χ1n) is 7.30. The smallest absolute Gasteiger partial charge is 0.207 e. The van der Waals surface area contributed by atoms with Crippen molar-refractivity contribution in [2.24, 2.45) is 0 Å². The number of benzene rings is 2. The van der Waals surface area contributed by atoms with Crippen molar-refractivity contribution in [1.29, 1.82) is 5.26 Å². The second-order valence-corrected chi connectivity index (χ2v) is 8.26. The SMILES string of the molecule is Cc1ccc(S/C(=C\C#N)CNS(=O)(=O)c2ccc(C)cc2)cc1. The van der Waals surface area contributed by atoms with Crippen LogP contribution < -0.4 is 4.72 Å². The Bertz CT molecular complexity index is 863. The Kier molecular flexibility index (Phi) is 6.21. The van der Waals surface area contributed by atoms with Gasteiger partial charge in [0.05, 0.1) is 11.0 Å². The summed E-state index contributed by atoms with van der Waals surface area (Å²) in [5, 5.41) is 8.92. The zero-order valence-corrected chi connectivity index (χ0v) is 15.1. The summed E-state index contributed by atoms with van der Waals surface area (Å²) in [4.78, 5) is 1.80. The monoisotopic (exact) mass is 358 g/mol. The molecule has 0 atom stereocenters. The second-order valence-electron chi connectivity index (χ2n) is 5.29. The van der Waals surface area contributed by atoms with Crippen LogP contribution in [0.5, 0.6) is 0 Å². The van der Waals surface area contributed by atoms with E-state index in [1.54, 1.807) is 24.3 Å². The quantitative estimate of drug-likeness (QED) is 0.630. The van der Waals surface area contributed by atoms with Crippen LogP contribution in [-0.4, -0.2) is 15.0 Å². The first-order valence-corrected chi connectivity index (χ1v) is 9.60. The van der Waals surface area contributed by atoms with Crippen LogP contribution in [0.1, 0.15) is 11.1 Å². The van der Waals surface area contributed by atoms with Crippen molar-refractivity contribution in [3.05, 3.63) is 70.6 Å². The predicted octanol–water partition coefficient (Wildman–Crippen LogP) is 3.78. The fourth-order valence-electron chi connectivity index (χ4n) is 1.91. The number of hydrogen-bond donors (Lipinski definition) is 1. The Morgan fingerprint density at radius 2 is 1.62 bits per heavy atom. The molecule has 1 N–H and O–H groups in total. The van der Waals surface area contributed by atoms with Gasteiger partial charge in [0.1, 0.15) is 0 Å². The molecule has 0 unspecified atom stereocenters. The maximum atomic E-state index is 12.3. The summed E-state index contributed by atoms with van der Waals surface area (Å²) >= 11 is 1.37. The molecule has 2 aromatic rings. The van der Waals surface area contributed by atoms with Gasteiger partial charge < -0.3 is 0 Å². The molecule has 0 spiro atoms. The second kappa shape index (κ2) is 8.15. The summed E-state index contributed by atoms with van der Waals surface area (Å²) in [6.45, 7) is 3.97. The lowest BCUT2D eigenvalue weighted by molar-refractivity contribution is 0.585. The standard InChI is InChI=1S/C18H18N2O2S2/c1-14-3-7-16(8-4-14)23-17(11-12-19)13-20-24(21,22)18-9-5-15(2)6-10-18/h3-11,20H,13H2,1-2H3/b17-11-. The molecule has 124 valence electrons. The highest BCUT2D eigenvalue weighted by molar-refractivity contribution is 8.03. The molecule has 0 aliphatic heterocycles. The van der Waals surface area contributed by atoms with E-state index in [4.69, 9.17) is 5.26 Å². The molecule has 0 heterocycles. The Morgan fingerprint density at radius 1 is 1.08 bits per heavy atom. The molecule has 2 aromatic carbocycles. The van der Waals surface area contributed by atoms with Crippen LogP contribution in [0, 0.1) is 25.2 Å². The number of sulfonamides is 1. The largest absolute Gasteiger partial charge is 0.240 e. The van der Waals surface area contributed by atoms with Gasteiger partial charge in [-0.25, -0.2) is 13.1 Å². The van der Waals surface area contributed by atoms with Gasteiger partial charge in [0.15, 0.2) is 0 Å². The van der Waals surface area contributed by atoms with Crippen molar-refractivity contribution in [2.75, 3.05) is 6.54 Å². The Labute approximate surface area is 147 Å². The van der Waals surface area contributed by atoms with E-state index in [1.165, 1.54) is 17.8 Å². The lowest BCUT2D eigenvalue weighted by Crippen LogP contribution is -2.25. The summed E-state index contributed by atoms with van der Waals surface area (Å²) in [6, 6.07) is 16.4. The van der Waals surface area contributed by atoms with Crippen molar-refractivity contribution in [1.82, 2.24) is 4.72 Å². The molecule has 2 rings (SSSR count). The van der Waals surface area contributed by atoms with E-state index in [0.29, 0.717) is 4.91 Å². The summed E-state index contributed by atoms with van der Waals surface area (Å²) in [6.07, 6.45) is 1.36. The third-order valence-corrected chi connectivity index (χ3v) is 5.71. The zero-order valence-electron chi connectivity index (χ0n) is 13.5. The lowest BCUT2D eigenvalue weighted by Gasteiger charge is -2.09. The summed E-state index contributed by atoms with van der Waals surface area (Å²) in [7, 11) is -3.60. The molecule has 0 bridgehead atoms. The van der Waals surface area contributed by atoms with Crippen LogP contribution in [-0.2, 0) is 10.0 Å². The van der Waals surface area contributed by atoms with Gasteiger partial charge in [-0.2, -0.15) is 5.26 Å². The minimum Gasteiger partial charge on any atom is -0.207 e. The summed E-state index contributed by atoms with van der Waals surface area (Å²) in [5.74, 6) is 0. The van der Waals surface area contributed by atoms with Gasteiger partial charge in [-0.3, -0.25) is 0 Å². The lowest BCUT2D eigenvalue weighted by atomic mass is 10.2. The van der Waals surface area contributed by atoms with E-state index in [0.717, 1.165) is 16.0 Å². The van der Waals surface area contributed by atoms with Crippen molar-refractivity contribution in [3.63, 3.8) is 0 Å². The van der Waals surface area contributed by atoms with Crippen molar-refractivity contribution >= 4 is 21.8 Å². The van der Waals surface area contributed by atoms with Gasteiger partial charge in [0.25, 0.3) is 0 Å². The topological polar surface area (TPSA) is 70.0 Å². The molecule has 0 radical (unpaired) electrons. The number of thioether (sulfide) groups is 1. The van der Waals surface area contributed by atoms with Crippen LogP contribution in [0.25, 0.3) is 0 Å². The van der Waals surface area contributed by atoms with Crippen LogP contribution in [0.15, 0.2) is 69.3 Å². The third-order valence-electron chi connectivity index (χ3n) is 3.26. The normalized spacial score (nSPS) is 12.0. The maximum Gasteiger partial charge on any atom is 0.240 e.